The largest absolute Gasteiger partial charge is 0.382 e. The second-order valence-corrected chi connectivity index (χ2v) is 2.73. The van der Waals surface area contributed by atoms with Crippen molar-refractivity contribution in [2.24, 2.45) is 0 Å². The van der Waals surface area contributed by atoms with Gasteiger partial charge in [-0.2, -0.15) is 10.5 Å². The number of aryl methyl sites for hydroxylation is 1. The summed E-state index contributed by atoms with van der Waals surface area (Å²) in [5.74, 6) is 0.238. The Morgan fingerprint density at radius 1 is 1.21 bits per heavy atom. The van der Waals surface area contributed by atoms with E-state index in [4.69, 9.17) is 16.3 Å². The van der Waals surface area contributed by atoms with Gasteiger partial charge in [0.1, 0.15) is 18.0 Å². The van der Waals surface area contributed by atoms with Gasteiger partial charge in [-0.05, 0) is 6.42 Å². The molecule has 0 aliphatic rings. The number of anilines is 1. The molecule has 0 bridgehead atoms. The van der Waals surface area contributed by atoms with Crippen molar-refractivity contribution in [3.63, 3.8) is 0 Å². The molecule has 0 aliphatic carbocycles. The van der Waals surface area contributed by atoms with Crippen molar-refractivity contribution in [1.29, 1.82) is 10.5 Å². The summed E-state index contributed by atoms with van der Waals surface area (Å²) in [4.78, 5) is 7.79. The molecule has 0 radical (unpaired) electrons. The zero-order chi connectivity index (χ0) is 10.6. The van der Waals surface area contributed by atoms with E-state index in [1.54, 1.807) is 6.07 Å². The van der Waals surface area contributed by atoms with Gasteiger partial charge in [0.2, 0.25) is 0 Å². The average molecular weight is 187 g/mol. The third-order valence-corrected chi connectivity index (χ3v) is 1.70. The van der Waals surface area contributed by atoms with Gasteiger partial charge < -0.3 is 5.73 Å². The van der Waals surface area contributed by atoms with Crippen molar-refractivity contribution in [3.05, 3.63) is 17.1 Å². The van der Waals surface area contributed by atoms with Gasteiger partial charge in [-0.1, -0.05) is 13.3 Å². The summed E-state index contributed by atoms with van der Waals surface area (Å²) < 4.78 is 0. The highest BCUT2D eigenvalue weighted by Gasteiger charge is 2.10. The molecule has 0 aliphatic heterocycles. The molecule has 0 spiro atoms. The zero-order valence-corrected chi connectivity index (χ0v) is 7.78. The highest BCUT2D eigenvalue weighted by atomic mass is 14.9. The maximum absolute atomic E-state index is 8.69. The first-order chi connectivity index (χ1) is 6.72. The molecule has 1 aromatic rings. The van der Waals surface area contributed by atoms with E-state index in [1.165, 1.54) is 0 Å². The molecule has 2 N–H and O–H groups in total. The van der Waals surface area contributed by atoms with Crippen LogP contribution in [-0.2, 0) is 6.42 Å². The molecule has 14 heavy (non-hydrogen) atoms. The summed E-state index contributed by atoms with van der Waals surface area (Å²) in [5, 5.41) is 17.3. The number of nitriles is 2. The van der Waals surface area contributed by atoms with Crippen LogP contribution >= 0.6 is 0 Å². The fraction of sp³-hybridized carbons (Fsp3) is 0.333. The minimum Gasteiger partial charge on any atom is -0.382 e. The van der Waals surface area contributed by atoms with Crippen LogP contribution in [0.25, 0.3) is 0 Å². The van der Waals surface area contributed by atoms with Crippen molar-refractivity contribution >= 4 is 5.82 Å². The quantitative estimate of drug-likeness (QED) is 0.736. The molecule has 0 saturated heterocycles. The first-order valence-electron chi connectivity index (χ1n) is 4.19. The summed E-state index contributed by atoms with van der Waals surface area (Å²) in [5.41, 5.74) is 6.20. The molecular weight excluding hydrogens is 178 g/mol. The van der Waals surface area contributed by atoms with Gasteiger partial charge in [-0.15, -0.1) is 0 Å². The van der Waals surface area contributed by atoms with E-state index in [0.717, 1.165) is 6.42 Å². The SMILES string of the molecule is CCCc1nc(C#N)c(C#N)nc1N. The van der Waals surface area contributed by atoms with Crippen LogP contribution in [0.5, 0.6) is 0 Å². The number of nitrogens with two attached hydrogens (primary N) is 1. The summed E-state index contributed by atoms with van der Waals surface area (Å²) in [6.07, 6.45) is 1.54. The van der Waals surface area contributed by atoms with Crippen LogP contribution in [0.2, 0.25) is 0 Å². The van der Waals surface area contributed by atoms with Crippen LogP contribution < -0.4 is 5.73 Å². The van der Waals surface area contributed by atoms with E-state index >= 15 is 0 Å². The average Bonchev–Trinajstić information content (AvgIpc) is 2.20. The molecule has 1 heterocycles. The molecule has 1 aromatic heterocycles. The first kappa shape index (κ1) is 9.94. The number of hydrogen-bond acceptors (Lipinski definition) is 5. The number of hydrogen-bond donors (Lipinski definition) is 1. The van der Waals surface area contributed by atoms with Crippen LogP contribution in [0.1, 0.15) is 30.4 Å². The maximum atomic E-state index is 8.69. The van der Waals surface area contributed by atoms with E-state index in [9.17, 15) is 0 Å². The Hall–Kier alpha value is -2.14. The lowest BCUT2D eigenvalue weighted by atomic mass is 10.2. The Morgan fingerprint density at radius 3 is 2.29 bits per heavy atom. The van der Waals surface area contributed by atoms with E-state index in [2.05, 4.69) is 9.97 Å². The van der Waals surface area contributed by atoms with Crippen LogP contribution in [0, 0.1) is 22.7 Å². The van der Waals surface area contributed by atoms with Crippen molar-refractivity contribution in [1.82, 2.24) is 9.97 Å². The molecule has 0 fully saturated rings. The van der Waals surface area contributed by atoms with Crippen molar-refractivity contribution in [2.45, 2.75) is 19.8 Å². The lowest BCUT2D eigenvalue weighted by Gasteiger charge is -2.02. The van der Waals surface area contributed by atoms with E-state index in [1.807, 2.05) is 13.0 Å². The standard InChI is InChI=1S/C9H9N5/c1-2-3-6-9(12)14-8(5-11)7(4-10)13-6/h2-3H2,1H3,(H2,12,14). The minimum absolute atomic E-state index is 0.00940. The summed E-state index contributed by atoms with van der Waals surface area (Å²) in [7, 11) is 0. The zero-order valence-electron chi connectivity index (χ0n) is 7.78. The van der Waals surface area contributed by atoms with Gasteiger partial charge in [0, 0.05) is 0 Å². The first-order valence-corrected chi connectivity index (χ1v) is 4.19. The molecular formula is C9H9N5. The monoisotopic (exact) mass is 187 g/mol. The van der Waals surface area contributed by atoms with Crippen molar-refractivity contribution in [2.75, 3.05) is 5.73 Å². The molecule has 0 atom stereocenters. The molecule has 0 amide bonds. The Bertz CT molecular complexity index is 424. The Morgan fingerprint density at radius 2 is 1.79 bits per heavy atom. The molecule has 0 saturated carbocycles. The Balaban J connectivity index is 3.27. The Labute approximate surface area is 81.8 Å². The molecule has 0 aromatic carbocycles. The minimum atomic E-state index is -0.00940. The number of nitrogen functional groups attached to an aromatic ring is 1. The Kier molecular flexibility index (Phi) is 2.98. The van der Waals surface area contributed by atoms with Crippen LogP contribution in [-0.4, -0.2) is 9.97 Å². The van der Waals surface area contributed by atoms with Crippen LogP contribution in [0.3, 0.4) is 0 Å². The van der Waals surface area contributed by atoms with Gasteiger partial charge in [0.05, 0.1) is 5.69 Å². The normalized spacial score (nSPS) is 9.07. The molecule has 1 rings (SSSR count). The number of aromatic nitrogens is 2. The highest BCUT2D eigenvalue weighted by molar-refractivity contribution is 5.44. The van der Waals surface area contributed by atoms with E-state index < -0.39 is 0 Å². The van der Waals surface area contributed by atoms with Gasteiger partial charge in [0.15, 0.2) is 11.4 Å². The van der Waals surface area contributed by atoms with Crippen LogP contribution in [0.4, 0.5) is 5.82 Å². The third kappa shape index (κ3) is 1.78. The van der Waals surface area contributed by atoms with E-state index in [-0.39, 0.29) is 17.2 Å². The molecule has 5 heteroatoms. The van der Waals surface area contributed by atoms with Gasteiger partial charge >= 0.3 is 0 Å². The lowest BCUT2D eigenvalue weighted by Crippen LogP contribution is -2.06. The third-order valence-electron chi connectivity index (χ3n) is 1.70. The molecule has 0 unspecified atom stereocenters. The lowest BCUT2D eigenvalue weighted by molar-refractivity contribution is 0.869. The van der Waals surface area contributed by atoms with Crippen LogP contribution in [0.15, 0.2) is 0 Å². The smallest absolute Gasteiger partial charge is 0.179 e. The second-order valence-electron chi connectivity index (χ2n) is 2.73. The predicted molar refractivity (Wildman–Crippen MR) is 49.9 cm³/mol. The number of rotatable bonds is 2. The highest BCUT2D eigenvalue weighted by Crippen LogP contribution is 2.11. The fourth-order valence-electron chi connectivity index (χ4n) is 1.06. The fourth-order valence-corrected chi connectivity index (χ4v) is 1.06. The molecule has 70 valence electrons. The van der Waals surface area contributed by atoms with Crippen molar-refractivity contribution < 1.29 is 0 Å². The predicted octanol–water partition coefficient (Wildman–Crippen LogP) is 0.755. The van der Waals surface area contributed by atoms with Crippen molar-refractivity contribution in [3.8, 4) is 12.1 Å². The van der Waals surface area contributed by atoms with E-state index in [0.29, 0.717) is 12.1 Å². The van der Waals surface area contributed by atoms with Gasteiger partial charge in [0.25, 0.3) is 0 Å². The summed E-state index contributed by atoms with van der Waals surface area (Å²) >= 11 is 0. The van der Waals surface area contributed by atoms with Gasteiger partial charge in [-0.25, -0.2) is 9.97 Å². The second kappa shape index (κ2) is 4.20. The molecule has 5 nitrogen and oxygen atoms in total. The topological polar surface area (TPSA) is 99.4 Å². The summed E-state index contributed by atoms with van der Waals surface area (Å²) in [6.45, 7) is 1.98. The summed E-state index contributed by atoms with van der Waals surface area (Å²) in [6, 6.07) is 3.60. The number of nitrogens with zero attached hydrogens (tertiary/aromatic N) is 4. The maximum Gasteiger partial charge on any atom is 0.179 e. The van der Waals surface area contributed by atoms with Gasteiger partial charge in [-0.3, -0.25) is 0 Å².